The Morgan fingerprint density at radius 1 is 1.00 bits per heavy atom. The quantitative estimate of drug-likeness (QED) is 0.774. The van der Waals surface area contributed by atoms with Gasteiger partial charge in [0.2, 0.25) is 10.0 Å². The number of carbonyl (C=O) groups excluding carboxylic acids is 1. The molecule has 0 spiro atoms. The van der Waals surface area contributed by atoms with Crippen LogP contribution in [0.15, 0.2) is 41.3 Å². The van der Waals surface area contributed by atoms with E-state index in [2.05, 4.69) is 5.32 Å². The van der Waals surface area contributed by atoms with Crippen molar-refractivity contribution < 1.29 is 13.2 Å². The molecule has 1 fully saturated rings. The highest BCUT2D eigenvalue weighted by Gasteiger charge is 2.30. The summed E-state index contributed by atoms with van der Waals surface area (Å²) in [5.74, 6) is -0.242. The summed E-state index contributed by atoms with van der Waals surface area (Å²) in [6, 6.07) is 9.82. The van der Waals surface area contributed by atoms with E-state index in [0.29, 0.717) is 46.4 Å². The molecule has 28 heavy (non-hydrogen) atoms. The number of benzene rings is 2. The Balaban J connectivity index is 1.62. The number of hydrogen-bond acceptors (Lipinski definition) is 3. The summed E-state index contributed by atoms with van der Waals surface area (Å²) in [7, 11) is -3.53. The molecule has 0 atom stereocenters. The van der Waals surface area contributed by atoms with E-state index >= 15 is 0 Å². The highest BCUT2D eigenvalue weighted by Crippen LogP contribution is 2.24. The average Bonchev–Trinajstić information content (AvgIpc) is 2.66. The van der Waals surface area contributed by atoms with Crippen LogP contribution in [-0.4, -0.2) is 37.8 Å². The molecule has 0 bridgehead atoms. The standard InChI is InChI=1S/C20H22Cl2N2O3S/c1-13-3-5-17(11-14(13)2)28(26,27)24-9-7-16(8-10-24)23-20(25)15-4-6-18(21)19(22)12-15/h3-6,11-12,16H,7-10H2,1-2H3,(H,23,25). The van der Waals surface area contributed by atoms with Crippen LogP contribution in [-0.2, 0) is 10.0 Å². The summed E-state index contributed by atoms with van der Waals surface area (Å²) in [6.45, 7) is 4.58. The first kappa shape index (κ1) is 21.1. The van der Waals surface area contributed by atoms with E-state index in [1.165, 1.54) is 10.4 Å². The molecular weight excluding hydrogens is 419 g/mol. The molecular formula is C20H22Cl2N2O3S. The van der Waals surface area contributed by atoms with Gasteiger partial charge < -0.3 is 5.32 Å². The molecule has 0 radical (unpaired) electrons. The van der Waals surface area contributed by atoms with Crippen LogP contribution in [0, 0.1) is 13.8 Å². The normalized spacial score (nSPS) is 16.1. The lowest BCUT2D eigenvalue weighted by Crippen LogP contribution is -2.46. The summed E-state index contributed by atoms with van der Waals surface area (Å²) in [4.78, 5) is 12.7. The van der Waals surface area contributed by atoms with Crippen LogP contribution in [0.5, 0.6) is 0 Å². The minimum Gasteiger partial charge on any atom is -0.349 e. The van der Waals surface area contributed by atoms with Crippen LogP contribution >= 0.6 is 23.2 Å². The van der Waals surface area contributed by atoms with E-state index in [1.54, 1.807) is 24.3 Å². The minimum absolute atomic E-state index is 0.0897. The van der Waals surface area contributed by atoms with Gasteiger partial charge in [0.05, 0.1) is 14.9 Å². The van der Waals surface area contributed by atoms with E-state index < -0.39 is 10.0 Å². The van der Waals surface area contributed by atoms with Gasteiger partial charge in [-0.3, -0.25) is 4.79 Å². The monoisotopic (exact) mass is 440 g/mol. The number of carbonyl (C=O) groups is 1. The Kier molecular flexibility index (Phi) is 6.34. The molecule has 1 aliphatic rings. The molecule has 0 aliphatic carbocycles. The number of aryl methyl sites for hydroxylation is 2. The topological polar surface area (TPSA) is 66.5 Å². The van der Waals surface area contributed by atoms with Gasteiger partial charge in [-0.25, -0.2) is 8.42 Å². The smallest absolute Gasteiger partial charge is 0.251 e. The summed E-state index contributed by atoms with van der Waals surface area (Å²) < 4.78 is 27.2. The van der Waals surface area contributed by atoms with Gasteiger partial charge >= 0.3 is 0 Å². The third kappa shape index (κ3) is 4.51. The van der Waals surface area contributed by atoms with Gasteiger partial charge in [0.15, 0.2) is 0 Å². The molecule has 1 aliphatic heterocycles. The minimum atomic E-state index is -3.53. The third-order valence-electron chi connectivity index (χ3n) is 5.09. The molecule has 2 aromatic rings. The van der Waals surface area contributed by atoms with Gasteiger partial charge in [-0.15, -0.1) is 0 Å². The van der Waals surface area contributed by atoms with Gasteiger partial charge in [-0.05, 0) is 68.1 Å². The number of halogens is 2. The zero-order valence-corrected chi connectivity index (χ0v) is 18.0. The van der Waals surface area contributed by atoms with Crippen molar-refractivity contribution in [2.75, 3.05) is 13.1 Å². The zero-order valence-electron chi connectivity index (χ0n) is 15.7. The Hall–Kier alpha value is -1.60. The van der Waals surface area contributed by atoms with Crippen LogP contribution in [0.4, 0.5) is 0 Å². The van der Waals surface area contributed by atoms with Crippen molar-refractivity contribution >= 4 is 39.1 Å². The molecule has 8 heteroatoms. The second kappa shape index (κ2) is 8.41. The molecule has 2 aromatic carbocycles. The Bertz CT molecular complexity index is 1000. The summed E-state index contributed by atoms with van der Waals surface area (Å²) >= 11 is 11.8. The maximum absolute atomic E-state index is 12.9. The van der Waals surface area contributed by atoms with Crippen LogP contribution in [0.3, 0.4) is 0 Å². The molecule has 0 unspecified atom stereocenters. The summed E-state index contributed by atoms with van der Waals surface area (Å²) in [5, 5.41) is 3.66. The summed E-state index contributed by atoms with van der Waals surface area (Å²) in [5.41, 5.74) is 2.44. The van der Waals surface area contributed by atoms with Gasteiger partial charge in [0.1, 0.15) is 0 Å². The SMILES string of the molecule is Cc1ccc(S(=O)(=O)N2CCC(NC(=O)c3ccc(Cl)c(Cl)c3)CC2)cc1C. The lowest BCUT2D eigenvalue weighted by molar-refractivity contribution is 0.0924. The maximum atomic E-state index is 12.9. The molecule has 3 rings (SSSR count). The highest BCUT2D eigenvalue weighted by atomic mass is 35.5. The predicted molar refractivity (Wildman–Crippen MR) is 112 cm³/mol. The Labute approximate surface area is 175 Å². The van der Waals surface area contributed by atoms with E-state index in [-0.39, 0.29) is 11.9 Å². The van der Waals surface area contributed by atoms with Crippen molar-refractivity contribution in [3.05, 3.63) is 63.1 Å². The van der Waals surface area contributed by atoms with E-state index in [9.17, 15) is 13.2 Å². The van der Waals surface area contributed by atoms with Crippen molar-refractivity contribution in [1.82, 2.24) is 9.62 Å². The van der Waals surface area contributed by atoms with Crippen molar-refractivity contribution in [3.8, 4) is 0 Å². The van der Waals surface area contributed by atoms with E-state index in [1.807, 2.05) is 19.9 Å². The molecule has 150 valence electrons. The Morgan fingerprint density at radius 2 is 1.68 bits per heavy atom. The second-order valence-electron chi connectivity index (χ2n) is 7.03. The number of nitrogens with one attached hydrogen (secondary N) is 1. The first-order valence-electron chi connectivity index (χ1n) is 9.02. The molecule has 0 aromatic heterocycles. The lowest BCUT2D eigenvalue weighted by Gasteiger charge is -2.31. The van der Waals surface area contributed by atoms with Gasteiger partial charge in [-0.2, -0.15) is 4.31 Å². The van der Waals surface area contributed by atoms with Crippen LogP contribution < -0.4 is 5.32 Å². The largest absolute Gasteiger partial charge is 0.349 e. The van der Waals surface area contributed by atoms with Crippen molar-refractivity contribution in [2.45, 2.75) is 37.6 Å². The average molecular weight is 441 g/mol. The lowest BCUT2D eigenvalue weighted by atomic mass is 10.1. The third-order valence-corrected chi connectivity index (χ3v) is 7.72. The fourth-order valence-corrected chi connectivity index (χ4v) is 5.02. The van der Waals surface area contributed by atoms with Crippen molar-refractivity contribution in [3.63, 3.8) is 0 Å². The van der Waals surface area contributed by atoms with Crippen molar-refractivity contribution in [2.24, 2.45) is 0 Å². The highest BCUT2D eigenvalue weighted by molar-refractivity contribution is 7.89. The zero-order chi connectivity index (χ0) is 20.5. The number of piperidine rings is 1. The first-order chi connectivity index (χ1) is 13.2. The number of hydrogen-bond donors (Lipinski definition) is 1. The number of sulfonamides is 1. The molecule has 5 nitrogen and oxygen atoms in total. The molecule has 1 amide bonds. The van der Waals surface area contributed by atoms with Crippen LogP contribution in [0.1, 0.15) is 34.3 Å². The molecule has 1 N–H and O–H groups in total. The van der Waals surface area contributed by atoms with Crippen LogP contribution in [0.25, 0.3) is 0 Å². The number of rotatable bonds is 4. The molecule has 1 heterocycles. The van der Waals surface area contributed by atoms with Crippen molar-refractivity contribution in [1.29, 1.82) is 0 Å². The predicted octanol–water partition coefficient (Wildman–Crippen LogP) is 4.19. The van der Waals surface area contributed by atoms with E-state index in [4.69, 9.17) is 23.2 Å². The van der Waals surface area contributed by atoms with Gasteiger partial charge in [0.25, 0.3) is 5.91 Å². The first-order valence-corrected chi connectivity index (χ1v) is 11.2. The fourth-order valence-electron chi connectivity index (χ4n) is 3.17. The fraction of sp³-hybridized carbons (Fsp3) is 0.350. The van der Waals surface area contributed by atoms with E-state index in [0.717, 1.165) is 11.1 Å². The van der Waals surface area contributed by atoms with Gasteiger partial charge in [-0.1, -0.05) is 29.3 Å². The van der Waals surface area contributed by atoms with Gasteiger partial charge in [0, 0.05) is 24.7 Å². The Morgan fingerprint density at radius 3 is 2.29 bits per heavy atom. The number of nitrogens with zero attached hydrogens (tertiary/aromatic N) is 1. The summed E-state index contributed by atoms with van der Waals surface area (Å²) in [6.07, 6.45) is 1.11. The molecule has 0 saturated carbocycles. The maximum Gasteiger partial charge on any atom is 0.251 e. The van der Waals surface area contributed by atoms with Crippen LogP contribution in [0.2, 0.25) is 10.0 Å². The second-order valence-corrected chi connectivity index (χ2v) is 9.78. The molecule has 1 saturated heterocycles. The number of amides is 1.